The van der Waals surface area contributed by atoms with Gasteiger partial charge in [-0.15, -0.1) is 0 Å². The molecule has 9 heteroatoms. The Hall–Kier alpha value is -2.78. The summed E-state index contributed by atoms with van der Waals surface area (Å²) in [5.74, 6) is 0.641. The first kappa shape index (κ1) is 26.3. The van der Waals surface area contributed by atoms with Crippen molar-refractivity contribution >= 4 is 11.5 Å². The second-order valence-corrected chi connectivity index (χ2v) is 9.55. The quantitative estimate of drug-likeness (QED) is 0.511. The van der Waals surface area contributed by atoms with E-state index >= 15 is 0 Å². The van der Waals surface area contributed by atoms with Crippen LogP contribution < -0.4 is 5.73 Å². The molecule has 36 heavy (non-hydrogen) atoms. The molecule has 0 spiro atoms. The summed E-state index contributed by atoms with van der Waals surface area (Å²) in [5, 5.41) is 0. The van der Waals surface area contributed by atoms with Crippen molar-refractivity contribution in [2.75, 3.05) is 13.7 Å². The molecule has 1 aliphatic heterocycles. The molecule has 1 unspecified atom stereocenters. The van der Waals surface area contributed by atoms with Gasteiger partial charge in [0.15, 0.2) is 5.66 Å². The third kappa shape index (κ3) is 5.62. The summed E-state index contributed by atoms with van der Waals surface area (Å²) in [4.78, 5) is 14.3. The van der Waals surface area contributed by atoms with Gasteiger partial charge in [0.05, 0.1) is 18.4 Å². The van der Waals surface area contributed by atoms with Crippen LogP contribution in [0.25, 0.3) is 11.1 Å². The molecule has 2 heterocycles. The average Bonchev–Trinajstić information content (AvgIpc) is 3.18. The number of rotatable bonds is 8. The number of aromatic nitrogens is 1. The van der Waals surface area contributed by atoms with Gasteiger partial charge < -0.3 is 15.2 Å². The summed E-state index contributed by atoms with van der Waals surface area (Å²) in [6, 6.07) is 7.99. The van der Waals surface area contributed by atoms with Crippen molar-refractivity contribution in [3.63, 3.8) is 0 Å². The lowest BCUT2D eigenvalue weighted by Crippen LogP contribution is -2.36. The van der Waals surface area contributed by atoms with Gasteiger partial charge >= 0.3 is 6.18 Å². The van der Waals surface area contributed by atoms with Crippen molar-refractivity contribution in [2.24, 2.45) is 21.6 Å². The lowest BCUT2D eigenvalue weighted by atomic mass is 9.74. The molecular formula is C27H33F3N4O2. The first-order valence-electron chi connectivity index (χ1n) is 12.3. The first-order chi connectivity index (χ1) is 17.1. The summed E-state index contributed by atoms with van der Waals surface area (Å²) in [5.41, 5.74) is 10.6. The second kappa shape index (κ2) is 10.7. The number of hydrogen-bond acceptors (Lipinski definition) is 6. The van der Waals surface area contributed by atoms with Gasteiger partial charge in [-0.05, 0) is 67.9 Å². The number of methoxy groups -OCH3 is 1. The van der Waals surface area contributed by atoms with E-state index in [1.54, 1.807) is 13.3 Å². The van der Waals surface area contributed by atoms with Crippen molar-refractivity contribution in [1.29, 1.82) is 0 Å². The summed E-state index contributed by atoms with van der Waals surface area (Å²) in [7, 11) is 1.75. The monoisotopic (exact) mass is 502 g/mol. The minimum atomic E-state index is -4.37. The van der Waals surface area contributed by atoms with Crippen LogP contribution >= 0.6 is 0 Å². The number of hydrogen-bond donors (Lipinski definition) is 1. The highest BCUT2D eigenvalue weighted by Crippen LogP contribution is 2.48. The van der Waals surface area contributed by atoms with Crippen molar-refractivity contribution in [2.45, 2.75) is 70.5 Å². The van der Waals surface area contributed by atoms with Crippen LogP contribution in [0.2, 0.25) is 0 Å². The van der Waals surface area contributed by atoms with Crippen molar-refractivity contribution in [3.8, 4) is 11.1 Å². The molecule has 1 aliphatic carbocycles. The van der Waals surface area contributed by atoms with Crippen molar-refractivity contribution in [1.82, 2.24) is 4.98 Å². The van der Waals surface area contributed by atoms with E-state index < -0.39 is 18.4 Å². The number of alkyl halides is 3. The van der Waals surface area contributed by atoms with Gasteiger partial charge in [-0.25, -0.2) is 4.99 Å². The molecule has 0 amide bonds. The fourth-order valence-electron chi connectivity index (χ4n) is 5.24. The summed E-state index contributed by atoms with van der Waals surface area (Å²) in [6.07, 6.45) is 3.64. The van der Waals surface area contributed by atoms with E-state index in [2.05, 4.69) is 24.0 Å². The normalized spacial score (nSPS) is 24.5. The Morgan fingerprint density at radius 1 is 1.06 bits per heavy atom. The van der Waals surface area contributed by atoms with Crippen LogP contribution in [0.3, 0.4) is 0 Å². The number of aliphatic imine (C=N–C) groups is 2. The molecule has 4 rings (SSSR count). The Morgan fingerprint density at radius 3 is 2.42 bits per heavy atom. The number of halogens is 3. The van der Waals surface area contributed by atoms with Crippen LogP contribution in [-0.4, -0.2) is 42.5 Å². The van der Waals surface area contributed by atoms with Gasteiger partial charge in [0, 0.05) is 36.5 Å². The molecule has 0 bridgehead atoms. The number of ether oxygens (including phenoxy) is 2. The Kier molecular flexibility index (Phi) is 7.80. The van der Waals surface area contributed by atoms with Crippen LogP contribution in [0.15, 0.2) is 46.6 Å². The zero-order valence-electron chi connectivity index (χ0n) is 20.9. The molecule has 6 nitrogen and oxygen atoms in total. The lowest BCUT2D eigenvalue weighted by molar-refractivity contribution is -0.176. The van der Waals surface area contributed by atoms with Crippen LogP contribution in [0.4, 0.5) is 13.2 Å². The highest BCUT2D eigenvalue weighted by atomic mass is 19.4. The topological polar surface area (TPSA) is 82.1 Å². The smallest absolute Gasteiger partial charge is 0.382 e. The van der Waals surface area contributed by atoms with E-state index in [9.17, 15) is 13.2 Å². The predicted octanol–water partition coefficient (Wildman–Crippen LogP) is 5.58. The maximum atomic E-state index is 12.5. The van der Waals surface area contributed by atoms with Gasteiger partial charge in [0.2, 0.25) is 0 Å². The summed E-state index contributed by atoms with van der Waals surface area (Å²) in [6.45, 7) is 2.53. The van der Waals surface area contributed by atoms with E-state index in [-0.39, 0.29) is 18.6 Å². The first-order valence-corrected chi connectivity index (χ1v) is 12.3. The van der Waals surface area contributed by atoms with Crippen LogP contribution in [0.1, 0.15) is 56.2 Å². The van der Waals surface area contributed by atoms with Gasteiger partial charge in [0.1, 0.15) is 12.4 Å². The molecule has 0 saturated heterocycles. The van der Waals surface area contributed by atoms with Gasteiger partial charge in [-0.1, -0.05) is 19.1 Å². The second-order valence-electron chi connectivity index (χ2n) is 9.55. The minimum absolute atomic E-state index is 0.169. The maximum absolute atomic E-state index is 12.5. The molecule has 1 aromatic heterocycles. The largest absolute Gasteiger partial charge is 0.411 e. The Bertz CT molecular complexity index is 1120. The Balaban J connectivity index is 1.71. The van der Waals surface area contributed by atoms with Crippen molar-refractivity contribution < 1.29 is 22.6 Å². The highest BCUT2D eigenvalue weighted by Gasteiger charge is 2.46. The fourth-order valence-corrected chi connectivity index (χ4v) is 5.24. The SMILES string of the molecule is CCc1ccc(-c2cncc(COCC(F)(F)F)c2)cc1C1(C2CCC(OC)CC2)N=C(C)C(N)=N1. The lowest BCUT2D eigenvalue weighted by Gasteiger charge is -2.38. The summed E-state index contributed by atoms with van der Waals surface area (Å²) >= 11 is 0. The molecular weight excluding hydrogens is 469 g/mol. The number of nitrogens with two attached hydrogens (primary N) is 1. The highest BCUT2D eigenvalue weighted by molar-refractivity contribution is 6.41. The van der Waals surface area contributed by atoms with E-state index in [4.69, 9.17) is 25.2 Å². The molecule has 2 N–H and O–H groups in total. The zero-order chi connectivity index (χ0) is 25.9. The molecule has 0 radical (unpaired) electrons. The summed E-state index contributed by atoms with van der Waals surface area (Å²) < 4.78 is 47.8. The van der Waals surface area contributed by atoms with Crippen LogP contribution in [-0.2, 0) is 28.2 Å². The molecule has 1 atom stereocenters. The van der Waals surface area contributed by atoms with E-state index in [0.717, 1.165) is 60.1 Å². The van der Waals surface area contributed by atoms with Gasteiger partial charge in [0.25, 0.3) is 0 Å². The zero-order valence-corrected chi connectivity index (χ0v) is 20.9. The molecule has 1 saturated carbocycles. The predicted molar refractivity (Wildman–Crippen MR) is 134 cm³/mol. The molecule has 2 aliphatic rings. The number of aryl methyl sites for hydroxylation is 1. The molecule has 194 valence electrons. The van der Waals surface area contributed by atoms with Crippen LogP contribution in [0, 0.1) is 5.92 Å². The average molecular weight is 503 g/mol. The third-order valence-corrected chi connectivity index (χ3v) is 7.13. The number of pyridine rings is 1. The van der Waals surface area contributed by atoms with Crippen molar-refractivity contribution in [3.05, 3.63) is 53.3 Å². The van der Waals surface area contributed by atoms with Gasteiger partial charge in [-0.3, -0.25) is 9.98 Å². The minimum Gasteiger partial charge on any atom is -0.382 e. The third-order valence-electron chi connectivity index (χ3n) is 7.13. The van der Waals surface area contributed by atoms with Crippen LogP contribution in [0.5, 0.6) is 0 Å². The molecule has 1 fully saturated rings. The Morgan fingerprint density at radius 2 is 1.81 bits per heavy atom. The fraction of sp³-hybridized carbons (Fsp3) is 0.519. The number of benzene rings is 1. The maximum Gasteiger partial charge on any atom is 0.411 e. The Labute approximate surface area is 209 Å². The van der Waals surface area contributed by atoms with Gasteiger partial charge in [-0.2, -0.15) is 13.2 Å². The standard InChI is InChI=1S/C27H33F3N4O2/c1-4-19-5-6-20(21-11-18(13-32-14-21)15-36-16-26(28,29)30)12-24(19)27(33-17(2)25(31)34-27)22-7-9-23(35-3)10-8-22/h5-6,11-14,22-23H,4,7-10,15-16H2,1-3H3,(H2,31,34). The van der Waals surface area contributed by atoms with E-state index in [0.29, 0.717) is 11.4 Å². The van der Waals surface area contributed by atoms with E-state index in [1.165, 1.54) is 6.20 Å². The molecule has 2 aromatic rings. The number of nitrogens with zero attached hydrogens (tertiary/aromatic N) is 3. The number of amidine groups is 1. The van der Waals surface area contributed by atoms with E-state index in [1.807, 2.05) is 19.1 Å². The molecule has 1 aromatic carbocycles.